The Kier molecular flexibility index (Phi) is 5.25. The van der Waals surface area contributed by atoms with E-state index in [9.17, 15) is 9.18 Å². The second kappa shape index (κ2) is 7.57. The molecule has 3 N–H and O–H groups in total. The van der Waals surface area contributed by atoms with Crippen LogP contribution in [0.1, 0.15) is 25.0 Å². The van der Waals surface area contributed by atoms with Crippen LogP contribution in [0.3, 0.4) is 0 Å². The summed E-state index contributed by atoms with van der Waals surface area (Å²) in [7, 11) is 0. The lowest BCUT2D eigenvalue weighted by Gasteiger charge is -2.17. The Morgan fingerprint density at radius 2 is 2.12 bits per heavy atom. The third kappa shape index (κ3) is 3.82. The number of carbonyl (C=O) groups is 1. The van der Waals surface area contributed by atoms with E-state index in [1.54, 1.807) is 18.4 Å². The van der Waals surface area contributed by atoms with Gasteiger partial charge >= 0.3 is 0 Å². The first-order valence-corrected chi connectivity index (χ1v) is 8.35. The Morgan fingerprint density at radius 3 is 2.88 bits per heavy atom. The molecule has 1 heterocycles. The molecule has 1 fully saturated rings. The van der Waals surface area contributed by atoms with Gasteiger partial charge in [0, 0.05) is 24.4 Å². The van der Waals surface area contributed by atoms with Crippen molar-refractivity contribution in [1.29, 1.82) is 0 Å². The van der Waals surface area contributed by atoms with Crippen LogP contribution in [0.25, 0.3) is 11.5 Å². The van der Waals surface area contributed by atoms with Crippen molar-refractivity contribution in [2.24, 2.45) is 17.6 Å². The van der Waals surface area contributed by atoms with Crippen molar-refractivity contribution in [3.63, 3.8) is 0 Å². The number of hydrogen-bond acceptors (Lipinski definition) is 4. The number of amides is 1. The van der Waals surface area contributed by atoms with Crippen molar-refractivity contribution in [1.82, 2.24) is 10.3 Å². The van der Waals surface area contributed by atoms with Gasteiger partial charge < -0.3 is 15.5 Å². The number of aromatic nitrogens is 1. The van der Waals surface area contributed by atoms with E-state index in [1.165, 1.54) is 12.1 Å². The molecule has 2 atom stereocenters. The van der Waals surface area contributed by atoms with Crippen LogP contribution < -0.4 is 11.1 Å². The average Bonchev–Trinajstić information content (AvgIpc) is 3.24. The monoisotopic (exact) mass is 331 g/mol. The fourth-order valence-corrected chi connectivity index (χ4v) is 3.26. The Morgan fingerprint density at radius 1 is 1.33 bits per heavy atom. The molecule has 1 saturated carbocycles. The van der Waals surface area contributed by atoms with Gasteiger partial charge in [0.05, 0.1) is 5.69 Å². The molecule has 0 spiro atoms. The zero-order valence-corrected chi connectivity index (χ0v) is 13.5. The van der Waals surface area contributed by atoms with Gasteiger partial charge in [-0.15, -0.1) is 0 Å². The summed E-state index contributed by atoms with van der Waals surface area (Å²) < 4.78 is 18.4. The molecule has 0 radical (unpaired) electrons. The van der Waals surface area contributed by atoms with Crippen molar-refractivity contribution in [3.8, 4) is 11.5 Å². The first-order valence-electron chi connectivity index (χ1n) is 8.35. The highest BCUT2D eigenvalue weighted by molar-refractivity contribution is 5.79. The second-order valence-electron chi connectivity index (χ2n) is 6.23. The Balaban J connectivity index is 1.50. The molecule has 1 aromatic heterocycles. The smallest absolute Gasteiger partial charge is 0.226 e. The molecule has 1 aliphatic rings. The van der Waals surface area contributed by atoms with Crippen molar-refractivity contribution < 1.29 is 13.6 Å². The average molecular weight is 331 g/mol. The molecule has 2 aromatic rings. The standard InChI is InChI=1S/C18H22FN3O2/c19-14-6-4-12(5-7-14)18-22-15(11-24-18)8-9-21-17(23)16-3-1-2-13(16)10-20/h4-7,11,13,16H,1-3,8-10,20H2,(H,21,23)/t13-,16-/m1/s1. The number of nitrogens with two attached hydrogens (primary N) is 1. The lowest BCUT2D eigenvalue weighted by Crippen LogP contribution is -2.36. The lowest BCUT2D eigenvalue weighted by atomic mass is 9.95. The molecular weight excluding hydrogens is 309 g/mol. The van der Waals surface area contributed by atoms with Crippen molar-refractivity contribution >= 4 is 5.91 Å². The van der Waals surface area contributed by atoms with Gasteiger partial charge in [-0.3, -0.25) is 4.79 Å². The van der Waals surface area contributed by atoms with E-state index < -0.39 is 0 Å². The first-order chi connectivity index (χ1) is 11.7. The van der Waals surface area contributed by atoms with Crippen LogP contribution >= 0.6 is 0 Å². The number of hydrogen-bond donors (Lipinski definition) is 2. The molecule has 1 aliphatic carbocycles. The van der Waals surface area contributed by atoms with E-state index in [0.29, 0.717) is 31.3 Å². The molecule has 1 amide bonds. The van der Waals surface area contributed by atoms with Gasteiger partial charge in [0.1, 0.15) is 12.1 Å². The largest absolute Gasteiger partial charge is 0.444 e. The van der Waals surface area contributed by atoms with E-state index in [-0.39, 0.29) is 17.6 Å². The summed E-state index contributed by atoms with van der Waals surface area (Å²) in [6, 6.07) is 5.99. The molecule has 3 rings (SSSR count). The van der Waals surface area contributed by atoms with Gasteiger partial charge in [0.25, 0.3) is 0 Å². The van der Waals surface area contributed by atoms with Crippen LogP contribution in [0.4, 0.5) is 4.39 Å². The third-order valence-corrected chi connectivity index (χ3v) is 4.62. The van der Waals surface area contributed by atoms with Crippen LogP contribution in [0, 0.1) is 17.7 Å². The Bertz CT molecular complexity index is 684. The SMILES string of the molecule is NC[C@H]1CCC[C@H]1C(=O)NCCc1coc(-c2ccc(F)cc2)n1. The van der Waals surface area contributed by atoms with Gasteiger partial charge in [0.15, 0.2) is 0 Å². The molecular formula is C18H22FN3O2. The molecule has 24 heavy (non-hydrogen) atoms. The summed E-state index contributed by atoms with van der Waals surface area (Å²) >= 11 is 0. The summed E-state index contributed by atoms with van der Waals surface area (Å²) in [5, 5.41) is 2.97. The maximum atomic E-state index is 12.9. The van der Waals surface area contributed by atoms with E-state index in [2.05, 4.69) is 10.3 Å². The fourth-order valence-electron chi connectivity index (χ4n) is 3.26. The molecule has 128 valence electrons. The zero-order valence-electron chi connectivity index (χ0n) is 13.5. The third-order valence-electron chi connectivity index (χ3n) is 4.62. The predicted octanol–water partition coefficient (Wildman–Crippen LogP) is 2.51. The molecule has 0 unspecified atom stereocenters. The number of benzene rings is 1. The van der Waals surface area contributed by atoms with Crippen LogP contribution in [-0.4, -0.2) is 24.0 Å². The highest BCUT2D eigenvalue weighted by Crippen LogP contribution is 2.30. The van der Waals surface area contributed by atoms with E-state index in [4.69, 9.17) is 10.2 Å². The van der Waals surface area contributed by atoms with E-state index in [0.717, 1.165) is 30.5 Å². The van der Waals surface area contributed by atoms with Crippen molar-refractivity contribution in [2.45, 2.75) is 25.7 Å². The number of nitrogens with zero attached hydrogens (tertiary/aromatic N) is 1. The van der Waals surface area contributed by atoms with Crippen molar-refractivity contribution in [3.05, 3.63) is 42.0 Å². The summed E-state index contributed by atoms with van der Waals surface area (Å²) in [6.45, 7) is 1.09. The van der Waals surface area contributed by atoms with Crippen molar-refractivity contribution in [2.75, 3.05) is 13.1 Å². The maximum Gasteiger partial charge on any atom is 0.226 e. The topological polar surface area (TPSA) is 81.2 Å². The number of carbonyl (C=O) groups excluding carboxylic acids is 1. The minimum atomic E-state index is -0.295. The molecule has 5 nitrogen and oxygen atoms in total. The molecule has 1 aromatic carbocycles. The summed E-state index contributed by atoms with van der Waals surface area (Å²) in [4.78, 5) is 16.6. The van der Waals surface area contributed by atoms with Gasteiger partial charge in [-0.2, -0.15) is 0 Å². The lowest BCUT2D eigenvalue weighted by molar-refractivity contribution is -0.125. The predicted molar refractivity (Wildman–Crippen MR) is 88.5 cm³/mol. The quantitative estimate of drug-likeness (QED) is 0.852. The minimum Gasteiger partial charge on any atom is -0.444 e. The molecule has 0 bridgehead atoms. The minimum absolute atomic E-state index is 0.0436. The number of rotatable bonds is 6. The number of oxazole rings is 1. The van der Waals surface area contributed by atoms with E-state index in [1.807, 2.05) is 0 Å². The zero-order chi connectivity index (χ0) is 16.9. The maximum absolute atomic E-state index is 12.9. The molecule has 0 saturated heterocycles. The Hall–Kier alpha value is -2.21. The first kappa shape index (κ1) is 16.6. The van der Waals surface area contributed by atoms with Crippen LogP contribution in [-0.2, 0) is 11.2 Å². The molecule has 0 aliphatic heterocycles. The molecule has 6 heteroatoms. The van der Waals surface area contributed by atoms with Gasteiger partial charge in [-0.05, 0) is 49.6 Å². The second-order valence-corrected chi connectivity index (χ2v) is 6.23. The summed E-state index contributed by atoms with van der Waals surface area (Å²) in [5.41, 5.74) is 7.21. The summed E-state index contributed by atoms with van der Waals surface area (Å²) in [5.74, 6) is 0.598. The normalized spacial score (nSPS) is 20.2. The van der Waals surface area contributed by atoms with Gasteiger partial charge in [0.2, 0.25) is 11.8 Å². The van der Waals surface area contributed by atoms with Gasteiger partial charge in [-0.25, -0.2) is 9.37 Å². The summed E-state index contributed by atoms with van der Waals surface area (Å²) in [6.07, 6.45) is 5.20. The highest BCUT2D eigenvalue weighted by Gasteiger charge is 2.31. The van der Waals surface area contributed by atoms with E-state index >= 15 is 0 Å². The number of nitrogens with one attached hydrogen (secondary N) is 1. The number of halogens is 1. The van der Waals surface area contributed by atoms with Crippen LogP contribution in [0.5, 0.6) is 0 Å². The van der Waals surface area contributed by atoms with Gasteiger partial charge in [-0.1, -0.05) is 6.42 Å². The van der Waals surface area contributed by atoms with Crippen LogP contribution in [0.2, 0.25) is 0 Å². The Labute approximate surface area is 140 Å². The van der Waals surface area contributed by atoms with Crippen LogP contribution in [0.15, 0.2) is 34.9 Å². The highest BCUT2D eigenvalue weighted by atomic mass is 19.1. The fraction of sp³-hybridized carbons (Fsp3) is 0.444.